The Hall–Kier alpha value is -1.45. The molecule has 0 saturated heterocycles. The first kappa shape index (κ1) is 20.9. The number of hydrogen-bond acceptors (Lipinski definition) is 3. The van der Waals surface area contributed by atoms with Gasteiger partial charge in [0.25, 0.3) is 0 Å². The van der Waals surface area contributed by atoms with Crippen molar-refractivity contribution in [1.29, 1.82) is 0 Å². The van der Waals surface area contributed by atoms with Crippen LogP contribution < -0.4 is 0 Å². The summed E-state index contributed by atoms with van der Waals surface area (Å²) >= 11 is 0. The van der Waals surface area contributed by atoms with Crippen LogP contribution in [0.2, 0.25) is 0 Å². The summed E-state index contributed by atoms with van der Waals surface area (Å²) in [5, 5.41) is 17.6. The van der Waals surface area contributed by atoms with Gasteiger partial charge in [0.15, 0.2) is 0 Å². The van der Waals surface area contributed by atoms with Gasteiger partial charge < -0.3 is 5.11 Å². The highest BCUT2D eigenvalue weighted by atomic mass is 16.4. The van der Waals surface area contributed by atoms with E-state index in [4.69, 9.17) is 9.90 Å². The third-order valence-electron chi connectivity index (χ3n) is 1.34. The minimum absolute atomic E-state index is 0.105. The van der Waals surface area contributed by atoms with Crippen molar-refractivity contribution in [1.82, 2.24) is 0 Å². The van der Waals surface area contributed by atoms with Crippen LogP contribution in [-0.2, 0) is 14.7 Å². The molecule has 0 atom stereocenters. The molecule has 1 N–H and O–H groups in total. The van der Waals surface area contributed by atoms with Crippen molar-refractivity contribution >= 4 is 12.0 Å². The van der Waals surface area contributed by atoms with Crippen LogP contribution in [0.4, 0.5) is 0 Å². The van der Waals surface area contributed by atoms with Crippen LogP contribution in [0.1, 0.15) is 40.0 Å². The van der Waals surface area contributed by atoms with Crippen LogP contribution in [0.25, 0.3) is 0 Å². The van der Waals surface area contributed by atoms with E-state index in [1.54, 1.807) is 6.92 Å². The van der Waals surface area contributed by atoms with Gasteiger partial charge in [0, 0.05) is 12.1 Å². The molecule has 99 valence electrons. The van der Waals surface area contributed by atoms with Gasteiger partial charge in [-0.25, -0.2) is 19.7 Å². The van der Waals surface area contributed by atoms with Gasteiger partial charge >= 0.3 is 5.97 Å². The highest BCUT2D eigenvalue weighted by molar-refractivity contribution is 5.84. The van der Waals surface area contributed by atoms with Crippen LogP contribution in [-0.4, -0.2) is 30.3 Å². The van der Waals surface area contributed by atoms with Gasteiger partial charge in [-0.3, -0.25) is 0 Å². The molecule has 0 aliphatic heterocycles. The largest absolute Gasteiger partial charge is 0.478 e. The zero-order chi connectivity index (χ0) is 14.1. The summed E-state index contributed by atoms with van der Waals surface area (Å²) in [6.07, 6.45) is 4.51. The molecule has 0 rings (SSSR count). The summed E-state index contributed by atoms with van der Waals surface area (Å²) in [5.74, 6) is -0.935. The maximum absolute atomic E-state index is 9.69. The molecule has 17 heavy (non-hydrogen) atoms. The molecule has 5 heteroatoms. The van der Waals surface area contributed by atoms with Crippen molar-refractivity contribution in [3.05, 3.63) is 12.2 Å². The number of isocyanates is 1. The van der Waals surface area contributed by atoms with Crippen LogP contribution >= 0.6 is 0 Å². The predicted molar refractivity (Wildman–Crippen MR) is 66.2 cm³/mol. The molecule has 0 aromatic heterocycles. The lowest BCUT2D eigenvalue weighted by Crippen LogP contribution is -1.92. The van der Waals surface area contributed by atoms with E-state index in [1.807, 2.05) is 0 Å². The minimum atomic E-state index is -0.935. The van der Waals surface area contributed by atoms with E-state index in [2.05, 4.69) is 18.5 Å². The minimum Gasteiger partial charge on any atom is -0.478 e. The second kappa shape index (κ2) is 20.0. The Morgan fingerprint density at radius 3 is 1.88 bits per heavy atom. The first-order chi connectivity index (χ1) is 7.97. The number of aliphatic carboxylic acids is 1. The number of carbonyl (C=O) groups excluding carboxylic acids is 1. The quantitative estimate of drug-likeness (QED) is 0.349. The fourth-order valence-electron chi connectivity index (χ4n) is 0.417. The average Bonchev–Trinajstić information content (AvgIpc) is 2.29. The van der Waals surface area contributed by atoms with Gasteiger partial charge in [-0.05, 0) is 20.3 Å². The van der Waals surface area contributed by atoms with Crippen LogP contribution in [0.3, 0.4) is 0 Å². The molecule has 5 nitrogen and oxygen atoms in total. The third-order valence-corrected chi connectivity index (χ3v) is 1.34. The van der Waals surface area contributed by atoms with E-state index < -0.39 is 5.97 Å². The number of carbonyl (C=O) groups is 1. The maximum Gasteiger partial charge on any atom is 0.330 e. The highest BCUT2D eigenvalue weighted by Gasteiger charge is 1.90. The monoisotopic (exact) mass is 244 g/mol. The third kappa shape index (κ3) is 40.2. The van der Waals surface area contributed by atoms with E-state index in [0.29, 0.717) is 6.54 Å². The molecular weight excluding hydrogens is 222 g/mol. The molecular formula is C12H22NO4. The molecule has 0 heterocycles. The Bertz CT molecular complexity index is 217. The van der Waals surface area contributed by atoms with E-state index >= 15 is 0 Å². The van der Waals surface area contributed by atoms with Gasteiger partial charge in [-0.1, -0.05) is 26.3 Å². The molecule has 1 radical (unpaired) electrons. The van der Waals surface area contributed by atoms with Gasteiger partial charge in [-0.15, -0.1) is 0 Å². The summed E-state index contributed by atoms with van der Waals surface area (Å²) in [6, 6.07) is 0. The number of carboxylic acids is 1. The zero-order valence-corrected chi connectivity index (χ0v) is 10.9. The predicted octanol–water partition coefficient (Wildman–Crippen LogP) is 2.60. The molecule has 0 bridgehead atoms. The molecule has 0 amide bonds. The molecule has 0 aliphatic carbocycles. The number of aliphatic imine (C=N–C) groups is 1. The molecule has 0 unspecified atom stereocenters. The Kier molecular flexibility index (Phi) is 24.6. The van der Waals surface area contributed by atoms with Crippen molar-refractivity contribution in [2.45, 2.75) is 40.0 Å². The molecule has 0 aromatic rings. The molecule has 0 fully saturated rings. The Morgan fingerprint density at radius 2 is 1.82 bits per heavy atom. The number of nitrogens with zero attached hydrogens (tertiary/aromatic N) is 1. The lowest BCUT2D eigenvalue weighted by atomic mass is 10.3. The number of carboxylic acid groups (broad SMARTS) is 1. The van der Waals surface area contributed by atoms with E-state index in [0.717, 1.165) is 19.3 Å². The fourth-order valence-corrected chi connectivity index (χ4v) is 0.417. The van der Waals surface area contributed by atoms with Crippen molar-refractivity contribution in [3.63, 3.8) is 0 Å². The summed E-state index contributed by atoms with van der Waals surface area (Å²) in [7, 11) is 0. The summed E-state index contributed by atoms with van der Waals surface area (Å²) < 4.78 is 0. The molecule has 0 aliphatic rings. The average molecular weight is 244 g/mol. The maximum atomic E-state index is 9.69. The Labute approximate surface area is 103 Å². The summed E-state index contributed by atoms with van der Waals surface area (Å²) in [6.45, 7) is 9.13. The van der Waals surface area contributed by atoms with Crippen molar-refractivity contribution in [2.75, 3.05) is 13.2 Å². The first-order valence-electron chi connectivity index (χ1n) is 5.48. The smallest absolute Gasteiger partial charge is 0.330 e. The SMILES string of the molecule is C=C(C)C(=O)O.CCCCC[O].CCN=C=O. The fraction of sp³-hybridized carbons (Fsp3) is 0.667. The van der Waals surface area contributed by atoms with Crippen molar-refractivity contribution in [3.8, 4) is 0 Å². The molecule has 0 aromatic carbocycles. The normalized spacial score (nSPS) is 7.53. The van der Waals surface area contributed by atoms with E-state index in [-0.39, 0.29) is 12.2 Å². The topological polar surface area (TPSA) is 86.6 Å². The highest BCUT2D eigenvalue weighted by Crippen LogP contribution is 1.89. The van der Waals surface area contributed by atoms with Crippen molar-refractivity contribution < 1.29 is 19.8 Å². The number of hydrogen-bond donors (Lipinski definition) is 1. The van der Waals surface area contributed by atoms with E-state index in [9.17, 15) is 9.90 Å². The lowest BCUT2D eigenvalue weighted by Gasteiger charge is -1.84. The standard InChI is InChI=1S/C5H11O.C4H6O2.C3H5NO/c1-2-3-4-5-6;1-3(2)4(5)6;1-2-4-3-5/h2-5H2,1H3;1H2,2H3,(H,5,6);2H2,1H3. The lowest BCUT2D eigenvalue weighted by molar-refractivity contribution is -0.132. The number of unbranched alkanes of at least 4 members (excludes halogenated alkanes) is 2. The van der Waals surface area contributed by atoms with Gasteiger partial charge in [0.1, 0.15) is 0 Å². The zero-order valence-electron chi connectivity index (χ0n) is 10.9. The van der Waals surface area contributed by atoms with Crippen LogP contribution in [0.5, 0.6) is 0 Å². The Morgan fingerprint density at radius 1 is 1.35 bits per heavy atom. The van der Waals surface area contributed by atoms with E-state index in [1.165, 1.54) is 13.0 Å². The van der Waals surface area contributed by atoms with Crippen molar-refractivity contribution in [2.24, 2.45) is 4.99 Å². The second-order valence-corrected chi connectivity index (χ2v) is 3.06. The number of rotatable bonds is 5. The molecule has 0 spiro atoms. The van der Waals surface area contributed by atoms with Gasteiger partial charge in [0.05, 0.1) is 6.61 Å². The summed E-state index contributed by atoms with van der Waals surface area (Å²) in [5.41, 5.74) is 0.176. The molecule has 0 saturated carbocycles. The first-order valence-corrected chi connectivity index (χ1v) is 5.48. The van der Waals surface area contributed by atoms with Gasteiger partial charge in [0.2, 0.25) is 6.08 Å². The van der Waals surface area contributed by atoms with Crippen LogP contribution in [0.15, 0.2) is 17.1 Å². The van der Waals surface area contributed by atoms with Crippen LogP contribution in [0, 0.1) is 0 Å². The summed E-state index contributed by atoms with van der Waals surface area (Å²) in [4.78, 5) is 21.9. The second-order valence-electron chi connectivity index (χ2n) is 3.06. The van der Waals surface area contributed by atoms with Gasteiger partial charge in [-0.2, -0.15) is 0 Å². The Balaban J connectivity index is -0.000000174.